The van der Waals surface area contributed by atoms with Crippen molar-refractivity contribution < 1.29 is 22.6 Å². The van der Waals surface area contributed by atoms with E-state index in [1.165, 1.54) is 18.2 Å². The Morgan fingerprint density at radius 3 is 2.42 bits per heavy atom. The van der Waals surface area contributed by atoms with Gasteiger partial charge in [0.2, 0.25) is 6.10 Å². The van der Waals surface area contributed by atoms with Crippen molar-refractivity contribution in [3.63, 3.8) is 0 Å². The molecule has 2 aromatic carbocycles. The molecule has 0 radical (unpaired) electrons. The van der Waals surface area contributed by atoms with Crippen LogP contribution in [-0.2, 0) is 0 Å². The maximum atomic E-state index is 12.8. The monoisotopic (exact) mass is 374 g/mol. The maximum Gasteiger partial charge on any atom is 0.429 e. The molecule has 0 amide bonds. The van der Waals surface area contributed by atoms with Gasteiger partial charge in [0, 0.05) is 11.6 Å². The second-order valence-corrected chi connectivity index (χ2v) is 6.11. The molecule has 1 aliphatic heterocycles. The van der Waals surface area contributed by atoms with E-state index in [9.17, 15) is 13.2 Å². The lowest BCUT2D eigenvalue weighted by Gasteiger charge is -2.24. The third kappa shape index (κ3) is 3.47. The molecule has 1 aliphatic rings. The first-order chi connectivity index (χ1) is 11.2. The molecule has 0 aromatic heterocycles. The molecular weight excluding hydrogens is 364 g/mol. The Kier molecular flexibility index (Phi) is 4.40. The second kappa shape index (κ2) is 6.22. The van der Waals surface area contributed by atoms with Crippen LogP contribution in [0.15, 0.2) is 36.4 Å². The first-order valence-corrected chi connectivity index (χ1v) is 7.69. The topological polar surface area (TPSA) is 18.5 Å². The van der Waals surface area contributed by atoms with Gasteiger partial charge in [-0.15, -0.1) is 0 Å². The van der Waals surface area contributed by atoms with Gasteiger partial charge in [0.1, 0.15) is 17.2 Å². The van der Waals surface area contributed by atoms with Gasteiger partial charge < -0.3 is 9.47 Å². The van der Waals surface area contributed by atoms with E-state index in [0.29, 0.717) is 16.3 Å². The molecule has 0 saturated heterocycles. The van der Waals surface area contributed by atoms with Crippen LogP contribution in [0.3, 0.4) is 0 Å². The molecule has 0 bridgehead atoms. The predicted molar refractivity (Wildman–Crippen MR) is 87.2 cm³/mol. The summed E-state index contributed by atoms with van der Waals surface area (Å²) >= 11 is 12.2. The van der Waals surface area contributed by atoms with E-state index in [-0.39, 0.29) is 16.5 Å². The number of ether oxygens (including phenoxy) is 2. The predicted octanol–water partition coefficient (Wildman–Crippen LogP) is 6.43. The van der Waals surface area contributed by atoms with Crippen molar-refractivity contribution in [1.29, 1.82) is 0 Å². The van der Waals surface area contributed by atoms with Gasteiger partial charge in [-0.05, 0) is 36.8 Å². The summed E-state index contributed by atoms with van der Waals surface area (Å²) in [6.45, 7) is 1.87. The fourth-order valence-electron chi connectivity index (χ4n) is 2.21. The Labute approximate surface area is 146 Å². The van der Waals surface area contributed by atoms with Crippen LogP contribution in [0.5, 0.6) is 17.2 Å². The van der Waals surface area contributed by atoms with Crippen molar-refractivity contribution >= 4 is 29.3 Å². The molecule has 0 fully saturated rings. The molecule has 1 heterocycles. The number of hydrogen-bond donors (Lipinski definition) is 0. The Morgan fingerprint density at radius 2 is 1.75 bits per heavy atom. The molecule has 0 saturated carbocycles. The van der Waals surface area contributed by atoms with Crippen molar-refractivity contribution in [1.82, 2.24) is 0 Å². The smallest absolute Gasteiger partial charge is 0.429 e. The lowest BCUT2D eigenvalue weighted by Crippen LogP contribution is -2.33. The van der Waals surface area contributed by atoms with E-state index in [1.807, 2.05) is 6.92 Å². The van der Waals surface area contributed by atoms with Gasteiger partial charge in [-0.1, -0.05) is 35.3 Å². The van der Waals surface area contributed by atoms with E-state index in [1.54, 1.807) is 18.2 Å². The van der Waals surface area contributed by atoms with Crippen LogP contribution in [-0.4, -0.2) is 12.3 Å². The number of benzene rings is 2. The average Bonchev–Trinajstić information content (AvgIpc) is 2.49. The van der Waals surface area contributed by atoms with Crippen molar-refractivity contribution in [3.8, 4) is 17.2 Å². The van der Waals surface area contributed by atoms with Gasteiger partial charge in [0.15, 0.2) is 0 Å². The third-order valence-electron chi connectivity index (χ3n) is 3.40. The van der Waals surface area contributed by atoms with Crippen LogP contribution >= 0.6 is 23.2 Å². The lowest BCUT2D eigenvalue weighted by molar-refractivity contribution is -0.180. The fraction of sp³-hybridized carbons (Fsp3) is 0.176. The van der Waals surface area contributed by atoms with E-state index >= 15 is 0 Å². The summed E-state index contributed by atoms with van der Waals surface area (Å²) in [5.74, 6) is 0.558. The number of aryl methyl sites for hydroxylation is 1. The summed E-state index contributed by atoms with van der Waals surface area (Å²) in [5.41, 5.74) is 1.40. The van der Waals surface area contributed by atoms with Crippen LogP contribution in [0.2, 0.25) is 10.0 Å². The standard InChI is InChI=1S/C17H11Cl2F3O2/c1-9-2-4-13(11(18)6-9)23-15-8-14-10(7-12(15)19)3-5-16(24-14)17(20,21)22/h2-8,16H,1H3/t16-/m1/s1. The van der Waals surface area contributed by atoms with Crippen molar-refractivity contribution in [2.24, 2.45) is 0 Å². The zero-order chi connectivity index (χ0) is 17.5. The number of hydrogen-bond acceptors (Lipinski definition) is 2. The third-order valence-corrected chi connectivity index (χ3v) is 3.99. The van der Waals surface area contributed by atoms with E-state index in [0.717, 1.165) is 11.6 Å². The van der Waals surface area contributed by atoms with Crippen LogP contribution in [0.4, 0.5) is 13.2 Å². The molecule has 1 atom stereocenters. The first-order valence-electron chi connectivity index (χ1n) is 6.93. The zero-order valence-corrected chi connectivity index (χ0v) is 13.8. The van der Waals surface area contributed by atoms with Gasteiger partial charge in [0.05, 0.1) is 10.0 Å². The van der Waals surface area contributed by atoms with E-state index in [2.05, 4.69) is 0 Å². The van der Waals surface area contributed by atoms with Gasteiger partial charge in [0.25, 0.3) is 0 Å². The summed E-state index contributed by atoms with van der Waals surface area (Å²) in [6.07, 6.45) is -4.22. The molecule has 0 unspecified atom stereocenters. The van der Waals surface area contributed by atoms with Crippen LogP contribution < -0.4 is 9.47 Å². The Bertz CT molecular complexity index is 816. The highest BCUT2D eigenvalue weighted by Crippen LogP contribution is 2.41. The van der Waals surface area contributed by atoms with Gasteiger partial charge in [-0.3, -0.25) is 0 Å². The SMILES string of the molecule is Cc1ccc(Oc2cc3c(cc2Cl)C=C[C@H](C(F)(F)F)O3)c(Cl)c1. The highest BCUT2D eigenvalue weighted by atomic mass is 35.5. The van der Waals surface area contributed by atoms with Gasteiger partial charge >= 0.3 is 6.18 Å². The quantitative estimate of drug-likeness (QED) is 0.602. The molecule has 2 aromatic rings. The van der Waals surface area contributed by atoms with Crippen molar-refractivity contribution in [2.45, 2.75) is 19.2 Å². The normalized spacial score (nSPS) is 16.5. The molecule has 0 spiro atoms. The maximum absolute atomic E-state index is 12.8. The fourth-order valence-corrected chi connectivity index (χ4v) is 2.70. The van der Waals surface area contributed by atoms with Gasteiger partial charge in [-0.25, -0.2) is 0 Å². The second-order valence-electron chi connectivity index (χ2n) is 5.30. The van der Waals surface area contributed by atoms with E-state index < -0.39 is 12.3 Å². The largest absolute Gasteiger partial charge is 0.476 e. The summed E-state index contributed by atoms with van der Waals surface area (Å²) in [4.78, 5) is 0. The average molecular weight is 375 g/mol. The molecule has 126 valence electrons. The summed E-state index contributed by atoms with van der Waals surface area (Å²) in [5, 5.41) is 0.613. The van der Waals surface area contributed by atoms with Crippen LogP contribution in [0.25, 0.3) is 6.08 Å². The number of rotatable bonds is 2. The highest BCUT2D eigenvalue weighted by molar-refractivity contribution is 6.33. The Balaban J connectivity index is 1.93. The number of fused-ring (bicyclic) bond motifs is 1. The zero-order valence-electron chi connectivity index (χ0n) is 12.3. The van der Waals surface area contributed by atoms with Crippen LogP contribution in [0, 0.1) is 6.92 Å². The minimum Gasteiger partial charge on any atom is -0.476 e. The summed E-state index contributed by atoms with van der Waals surface area (Å²) in [6, 6.07) is 7.98. The van der Waals surface area contributed by atoms with Crippen molar-refractivity contribution in [2.75, 3.05) is 0 Å². The minimum absolute atomic E-state index is 0.0439. The van der Waals surface area contributed by atoms with Crippen LogP contribution in [0.1, 0.15) is 11.1 Å². The minimum atomic E-state index is -4.49. The number of alkyl halides is 3. The lowest BCUT2D eigenvalue weighted by atomic mass is 10.1. The van der Waals surface area contributed by atoms with Crippen molar-refractivity contribution in [3.05, 3.63) is 57.6 Å². The van der Waals surface area contributed by atoms with Gasteiger partial charge in [-0.2, -0.15) is 13.2 Å². The first kappa shape index (κ1) is 17.0. The summed E-state index contributed by atoms with van der Waals surface area (Å²) < 4.78 is 49.0. The molecule has 0 aliphatic carbocycles. The summed E-state index contributed by atoms with van der Waals surface area (Å²) in [7, 11) is 0. The Morgan fingerprint density at radius 1 is 1.04 bits per heavy atom. The molecule has 0 N–H and O–H groups in total. The number of halogens is 5. The molecule has 3 rings (SSSR count). The Hall–Kier alpha value is -1.85. The molecular formula is C17H11Cl2F3O2. The molecule has 2 nitrogen and oxygen atoms in total. The molecule has 7 heteroatoms. The van der Waals surface area contributed by atoms with E-state index in [4.69, 9.17) is 32.7 Å². The molecule has 24 heavy (non-hydrogen) atoms. The highest BCUT2D eigenvalue weighted by Gasteiger charge is 2.41.